The van der Waals surface area contributed by atoms with Crippen LogP contribution in [-0.4, -0.2) is 32.3 Å². The maximum absolute atomic E-state index is 4.64. The molecule has 0 aliphatic carbocycles. The Hall–Kier alpha value is -3.87. The second-order valence-corrected chi connectivity index (χ2v) is 7.80. The van der Waals surface area contributed by atoms with Crippen molar-refractivity contribution in [2.75, 3.05) is 7.05 Å². The number of aryl methyl sites for hydroxylation is 2. The van der Waals surface area contributed by atoms with E-state index in [4.69, 9.17) is 0 Å². The lowest BCUT2D eigenvalue weighted by Crippen LogP contribution is -2.36. The lowest BCUT2D eigenvalue weighted by atomic mass is 10.1. The predicted octanol–water partition coefficient (Wildman–Crippen LogP) is 3.60. The lowest BCUT2D eigenvalue weighted by Gasteiger charge is -2.15. The number of aromatic nitrogens is 4. The molecule has 0 fully saturated rings. The molecule has 32 heavy (non-hydrogen) atoms. The van der Waals surface area contributed by atoms with Crippen molar-refractivity contribution in [2.45, 2.75) is 33.5 Å². The number of benzene rings is 2. The molecule has 0 unspecified atom stereocenters. The predicted molar refractivity (Wildman–Crippen MR) is 128 cm³/mol. The van der Waals surface area contributed by atoms with Crippen LogP contribution in [0.5, 0.6) is 0 Å². The number of guanidine groups is 1. The van der Waals surface area contributed by atoms with Crippen LogP contribution in [0.1, 0.15) is 28.1 Å². The van der Waals surface area contributed by atoms with Crippen molar-refractivity contribution >= 4 is 5.96 Å². The maximum Gasteiger partial charge on any atom is 0.191 e. The smallest absolute Gasteiger partial charge is 0.191 e. The van der Waals surface area contributed by atoms with Crippen LogP contribution < -0.4 is 10.6 Å². The number of rotatable bonds is 7. The maximum atomic E-state index is 4.64. The van der Waals surface area contributed by atoms with E-state index in [0.717, 1.165) is 35.1 Å². The molecule has 0 aliphatic heterocycles. The van der Waals surface area contributed by atoms with E-state index in [9.17, 15) is 0 Å². The summed E-state index contributed by atoms with van der Waals surface area (Å²) < 4.78 is 4.06. The highest BCUT2D eigenvalue weighted by Gasteiger charge is 2.09. The molecule has 0 saturated carbocycles. The minimum Gasteiger partial charge on any atom is -0.352 e. The van der Waals surface area contributed by atoms with Gasteiger partial charge in [0.25, 0.3) is 0 Å². The van der Waals surface area contributed by atoms with Crippen LogP contribution in [-0.2, 0) is 19.6 Å². The van der Waals surface area contributed by atoms with Gasteiger partial charge >= 0.3 is 0 Å². The first kappa shape index (κ1) is 21.4. The number of hydrogen-bond donors (Lipinski definition) is 2. The van der Waals surface area contributed by atoms with Crippen LogP contribution in [0.25, 0.3) is 5.69 Å². The molecule has 4 rings (SSSR count). The highest BCUT2D eigenvalue weighted by molar-refractivity contribution is 5.79. The number of nitrogens with zero attached hydrogens (tertiary/aromatic N) is 5. The van der Waals surface area contributed by atoms with Gasteiger partial charge in [-0.05, 0) is 42.7 Å². The van der Waals surface area contributed by atoms with Gasteiger partial charge in [-0.25, -0.2) is 9.67 Å². The van der Waals surface area contributed by atoms with Gasteiger partial charge < -0.3 is 15.2 Å². The molecule has 2 aromatic carbocycles. The second kappa shape index (κ2) is 9.96. The molecular formula is C25H29N7. The fourth-order valence-corrected chi connectivity index (χ4v) is 3.75. The molecule has 7 heteroatoms. The Labute approximate surface area is 188 Å². The zero-order valence-electron chi connectivity index (χ0n) is 18.8. The fourth-order valence-electron chi connectivity index (χ4n) is 3.75. The Bertz CT molecular complexity index is 1190. The monoisotopic (exact) mass is 427 g/mol. The van der Waals surface area contributed by atoms with Crippen molar-refractivity contribution in [3.8, 4) is 5.69 Å². The van der Waals surface area contributed by atoms with Crippen LogP contribution in [0.4, 0.5) is 0 Å². The lowest BCUT2D eigenvalue weighted by molar-refractivity contribution is 0.776. The molecule has 164 valence electrons. The Balaban J connectivity index is 1.38. The molecule has 0 atom stereocenters. The highest BCUT2D eigenvalue weighted by atomic mass is 15.3. The van der Waals surface area contributed by atoms with Crippen molar-refractivity contribution in [2.24, 2.45) is 4.99 Å². The molecule has 0 saturated heterocycles. The molecule has 0 spiro atoms. The molecule has 7 nitrogen and oxygen atoms in total. The van der Waals surface area contributed by atoms with E-state index < -0.39 is 0 Å². The van der Waals surface area contributed by atoms with Crippen molar-refractivity contribution in [1.29, 1.82) is 0 Å². The van der Waals surface area contributed by atoms with Gasteiger partial charge in [-0.3, -0.25) is 4.99 Å². The molecule has 4 aromatic rings. The standard InChI is InChI=1S/C25H29N7/c1-19-13-20(2)32(30-19)24-10-5-4-9-23(24)16-29-25(26-3)28-15-21-7-6-8-22(14-21)17-31-12-11-27-18-31/h4-14,18H,15-17H2,1-3H3,(H2,26,28,29). The Morgan fingerprint density at radius 2 is 1.78 bits per heavy atom. The molecule has 0 amide bonds. The molecule has 2 aromatic heterocycles. The summed E-state index contributed by atoms with van der Waals surface area (Å²) in [5.41, 5.74) is 6.81. The van der Waals surface area contributed by atoms with E-state index in [1.165, 1.54) is 11.1 Å². The summed E-state index contributed by atoms with van der Waals surface area (Å²) in [6.45, 7) is 6.24. The fraction of sp³-hybridized carbons (Fsp3) is 0.240. The number of para-hydroxylation sites is 1. The van der Waals surface area contributed by atoms with Crippen LogP contribution in [0.3, 0.4) is 0 Å². The summed E-state index contributed by atoms with van der Waals surface area (Å²) in [6.07, 6.45) is 5.61. The topological polar surface area (TPSA) is 72.1 Å². The summed E-state index contributed by atoms with van der Waals surface area (Å²) in [4.78, 5) is 8.49. The quantitative estimate of drug-likeness (QED) is 0.349. The molecule has 2 N–H and O–H groups in total. The molecule has 0 radical (unpaired) electrons. The number of hydrogen-bond acceptors (Lipinski definition) is 3. The first-order valence-electron chi connectivity index (χ1n) is 10.7. The third kappa shape index (κ3) is 5.24. The zero-order valence-corrected chi connectivity index (χ0v) is 18.8. The Kier molecular flexibility index (Phi) is 6.65. The van der Waals surface area contributed by atoms with Gasteiger partial charge in [-0.2, -0.15) is 5.10 Å². The van der Waals surface area contributed by atoms with Gasteiger partial charge in [-0.1, -0.05) is 42.5 Å². The zero-order chi connectivity index (χ0) is 22.3. The number of imidazole rings is 1. The van der Waals surface area contributed by atoms with Crippen LogP contribution in [0.15, 0.2) is 78.3 Å². The van der Waals surface area contributed by atoms with Crippen molar-refractivity contribution in [1.82, 2.24) is 30.0 Å². The first-order valence-corrected chi connectivity index (χ1v) is 10.7. The van der Waals surface area contributed by atoms with E-state index in [0.29, 0.717) is 13.1 Å². The average molecular weight is 428 g/mol. The van der Waals surface area contributed by atoms with Gasteiger partial charge in [-0.15, -0.1) is 0 Å². The third-order valence-electron chi connectivity index (χ3n) is 5.27. The summed E-state index contributed by atoms with van der Waals surface area (Å²) >= 11 is 0. The van der Waals surface area contributed by atoms with E-state index in [1.54, 1.807) is 13.2 Å². The summed E-state index contributed by atoms with van der Waals surface area (Å²) in [6, 6.07) is 18.9. The first-order chi connectivity index (χ1) is 15.6. The third-order valence-corrected chi connectivity index (χ3v) is 5.27. The van der Waals surface area contributed by atoms with Gasteiger partial charge in [0.15, 0.2) is 5.96 Å². The van der Waals surface area contributed by atoms with E-state index in [2.05, 4.69) is 79.7 Å². The SMILES string of the molecule is CN=C(NCc1cccc(Cn2ccnc2)c1)NCc1ccccc1-n1nc(C)cc1C. The van der Waals surface area contributed by atoms with E-state index >= 15 is 0 Å². The number of nitrogens with one attached hydrogen (secondary N) is 2. The van der Waals surface area contributed by atoms with Crippen LogP contribution in [0, 0.1) is 13.8 Å². The minimum atomic E-state index is 0.648. The average Bonchev–Trinajstić information content (AvgIpc) is 3.43. The van der Waals surface area contributed by atoms with Crippen LogP contribution in [0.2, 0.25) is 0 Å². The normalized spacial score (nSPS) is 11.5. The Morgan fingerprint density at radius 3 is 2.53 bits per heavy atom. The number of aliphatic imine (C=N–C) groups is 1. The molecule has 0 aliphatic rings. The summed E-state index contributed by atoms with van der Waals surface area (Å²) in [5, 5.41) is 11.5. The molecule has 2 heterocycles. The van der Waals surface area contributed by atoms with Gasteiger partial charge in [0, 0.05) is 44.8 Å². The summed E-state index contributed by atoms with van der Waals surface area (Å²) in [5.74, 6) is 0.758. The van der Waals surface area contributed by atoms with Crippen molar-refractivity contribution < 1.29 is 0 Å². The van der Waals surface area contributed by atoms with E-state index in [-0.39, 0.29) is 0 Å². The summed E-state index contributed by atoms with van der Waals surface area (Å²) in [7, 11) is 1.79. The van der Waals surface area contributed by atoms with Gasteiger partial charge in [0.1, 0.15) is 0 Å². The molecule has 0 bridgehead atoms. The minimum absolute atomic E-state index is 0.648. The Morgan fingerprint density at radius 1 is 0.969 bits per heavy atom. The van der Waals surface area contributed by atoms with Crippen LogP contribution >= 0.6 is 0 Å². The van der Waals surface area contributed by atoms with Crippen molar-refractivity contribution in [3.05, 3.63) is 101 Å². The van der Waals surface area contributed by atoms with Gasteiger partial charge in [0.05, 0.1) is 17.7 Å². The largest absolute Gasteiger partial charge is 0.352 e. The van der Waals surface area contributed by atoms with Gasteiger partial charge in [0.2, 0.25) is 0 Å². The second-order valence-electron chi connectivity index (χ2n) is 7.80. The molecular weight excluding hydrogens is 398 g/mol. The van der Waals surface area contributed by atoms with Crippen molar-refractivity contribution in [3.63, 3.8) is 0 Å². The van der Waals surface area contributed by atoms with E-state index in [1.807, 2.05) is 36.3 Å². The highest BCUT2D eigenvalue weighted by Crippen LogP contribution is 2.17.